The molecule has 0 aromatic rings. The summed E-state index contributed by atoms with van der Waals surface area (Å²) in [5.74, 6) is -2.48. The highest BCUT2D eigenvalue weighted by Crippen LogP contribution is 2.45. The molecule has 17 nitrogen and oxygen atoms in total. The molecule has 0 aliphatic carbocycles. The van der Waals surface area contributed by atoms with E-state index >= 15 is 0 Å². The summed E-state index contributed by atoms with van der Waals surface area (Å²) in [6.07, 6.45) is 104. The number of aliphatic hydroxyl groups is 1. The largest absolute Gasteiger partial charge is 0.472 e. The van der Waals surface area contributed by atoms with Crippen molar-refractivity contribution in [3.63, 3.8) is 0 Å². The smallest absolute Gasteiger partial charge is 0.462 e. The van der Waals surface area contributed by atoms with Gasteiger partial charge in [0.2, 0.25) is 0 Å². The first-order chi connectivity index (χ1) is 53.7. The number of aliphatic hydroxyl groups excluding tert-OH is 1. The monoisotopic (exact) mass is 1570 g/mol. The second kappa shape index (κ2) is 80.2. The van der Waals surface area contributed by atoms with Crippen LogP contribution >= 0.6 is 15.6 Å². The molecule has 5 atom stereocenters. The third kappa shape index (κ3) is 79.2. The number of phosphoric acid groups is 2. The first-order valence-electron chi connectivity index (χ1n) is 40.6. The fraction of sp³-hybridized carbons (Fsp3) is 0.538. The highest BCUT2D eigenvalue weighted by atomic mass is 31.2. The fourth-order valence-corrected chi connectivity index (χ4v) is 11.2. The summed E-state index contributed by atoms with van der Waals surface area (Å²) in [6, 6.07) is 0. The van der Waals surface area contributed by atoms with Crippen LogP contribution in [0.1, 0.15) is 259 Å². The Bertz CT molecular complexity index is 3000. The molecule has 0 fully saturated rings. The van der Waals surface area contributed by atoms with E-state index in [1.165, 1.54) is 0 Å². The topological polar surface area (TPSA) is 237 Å². The van der Waals surface area contributed by atoms with Crippen LogP contribution in [0.2, 0.25) is 0 Å². The molecule has 0 saturated carbocycles. The van der Waals surface area contributed by atoms with Crippen molar-refractivity contribution in [2.75, 3.05) is 39.6 Å². The van der Waals surface area contributed by atoms with Crippen molar-refractivity contribution in [3.8, 4) is 0 Å². The summed E-state index contributed by atoms with van der Waals surface area (Å²) in [6.45, 7) is 4.14. The van der Waals surface area contributed by atoms with E-state index < -0.39 is 97.5 Å². The molecular weight excluding hydrogens is 1430 g/mol. The van der Waals surface area contributed by atoms with Crippen LogP contribution in [0.25, 0.3) is 0 Å². The number of carbonyl (C=O) groups excluding carboxylic acids is 4. The Kier molecular flexibility index (Phi) is 75.2. The zero-order valence-corrected chi connectivity index (χ0v) is 69.1. The van der Waals surface area contributed by atoms with Crippen LogP contribution in [-0.4, -0.2) is 96.7 Å². The van der Waals surface area contributed by atoms with Gasteiger partial charge in [-0.05, 0) is 173 Å². The van der Waals surface area contributed by atoms with E-state index in [1.54, 1.807) is 12.2 Å². The Morgan fingerprint density at radius 1 is 0.264 bits per heavy atom. The van der Waals surface area contributed by atoms with E-state index in [0.717, 1.165) is 173 Å². The maximum absolute atomic E-state index is 13.1. The van der Waals surface area contributed by atoms with Crippen LogP contribution in [0.5, 0.6) is 0 Å². The van der Waals surface area contributed by atoms with Crippen LogP contribution in [0.3, 0.4) is 0 Å². The zero-order chi connectivity index (χ0) is 80.3. The number of allylic oxidation sites excluding steroid dienone is 37. The van der Waals surface area contributed by atoms with Gasteiger partial charge in [-0.3, -0.25) is 37.3 Å². The van der Waals surface area contributed by atoms with Crippen LogP contribution < -0.4 is 0 Å². The van der Waals surface area contributed by atoms with E-state index in [-0.39, 0.29) is 25.7 Å². The van der Waals surface area contributed by atoms with Gasteiger partial charge in [0.1, 0.15) is 19.3 Å². The molecule has 110 heavy (non-hydrogen) atoms. The van der Waals surface area contributed by atoms with Gasteiger partial charge in [-0.1, -0.05) is 291 Å². The number of hydrogen-bond donors (Lipinski definition) is 3. The van der Waals surface area contributed by atoms with Gasteiger partial charge in [0.25, 0.3) is 0 Å². The first kappa shape index (κ1) is 103. The Hall–Kier alpha value is -6.88. The van der Waals surface area contributed by atoms with Crippen molar-refractivity contribution >= 4 is 39.5 Å². The Balaban J connectivity index is 5.56. The van der Waals surface area contributed by atoms with Crippen LogP contribution in [0.4, 0.5) is 0 Å². The highest BCUT2D eigenvalue weighted by molar-refractivity contribution is 7.47. The molecule has 0 radical (unpaired) electrons. The molecule has 0 spiro atoms. The molecule has 0 rings (SSSR count). The van der Waals surface area contributed by atoms with Crippen LogP contribution in [0, 0.1) is 0 Å². The number of ether oxygens (including phenoxy) is 4. The minimum Gasteiger partial charge on any atom is -0.462 e. The van der Waals surface area contributed by atoms with Gasteiger partial charge in [-0.2, -0.15) is 0 Å². The predicted molar refractivity (Wildman–Crippen MR) is 454 cm³/mol. The number of rotatable bonds is 73. The highest BCUT2D eigenvalue weighted by Gasteiger charge is 2.30. The second-order valence-electron chi connectivity index (χ2n) is 25.8. The summed E-state index contributed by atoms with van der Waals surface area (Å²) in [4.78, 5) is 73.1. The van der Waals surface area contributed by atoms with Crippen LogP contribution in [-0.2, 0) is 65.4 Å². The molecule has 3 N–H and O–H groups in total. The minimum absolute atomic E-state index is 0.00449. The van der Waals surface area contributed by atoms with Crippen LogP contribution in [0.15, 0.2) is 231 Å². The maximum atomic E-state index is 13.1. The third-order valence-corrected chi connectivity index (χ3v) is 17.5. The zero-order valence-electron chi connectivity index (χ0n) is 67.3. The molecular formula is C91H140O17P2. The average molecular weight is 1570 g/mol. The van der Waals surface area contributed by atoms with Gasteiger partial charge in [0.15, 0.2) is 12.2 Å². The number of unbranched alkanes of at least 4 members (excludes halogenated alkanes) is 10. The normalized spacial score (nSPS) is 15.0. The molecule has 0 aliphatic heterocycles. The number of phosphoric ester groups is 2. The summed E-state index contributed by atoms with van der Waals surface area (Å²) in [7, 11) is -10.1. The molecule has 0 bridgehead atoms. The van der Waals surface area contributed by atoms with Gasteiger partial charge < -0.3 is 33.8 Å². The molecule has 0 aliphatic rings. The molecule has 0 aromatic carbocycles. The number of carbonyl (C=O) groups is 4. The van der Waals surface area contributed by atoms with Gasteiger partial charge in [0, 0.05) is 19.3 Å². The molecule has 0 saturated heterocycles. The third-order valence-electron chi connectivity index (χ3n) is 15.6. The molecule has 0 amide bonds. The maximum Gasteiger partial charge on any atom is 0.472 e. The number of esters is 4. The molecule has 0 heterocycles. The lowest BCUT2D eigenvalue weighted by Gasteiger charge is -2.21. The van der Waals surface area contributed by atoms with Crippen molar-refractivity contribution in [2.45, 2.75) is 277 Å². The fourth-order valence-electron chi connectivity index (χ4n) is 9.64. The van der Waals surface area contributed by atoms with E-state index in [0.29, 0.717) is 32.1 Å². The lowest BCUT2D eigenvalue weighted by atomic mass is 10.1. The standard InChI is InChI=1S/C91H140O17P2/c1-5-9-13-17-21-25-29-33-37-40-42-45-48-51-55-59-63-67-71-75-88(93)101-81-86(107-90(95)77-73-69-65-61-57-53-47-36-32-28-24-20-16-12-8-4)83-105-109(97,98)103-79-85(92)80-104-110(99,100)106-84-87(108-91(96)78-74-70-66-62-58-54-50-44-39-35-31-27-23-19-15-11-7-3)82-102-89(94)76-72-68-64-60-56-52-49-46-43-41-38-34-30-26-22-18-14-10-6-2/h9-16,21-28,33-39,42-43,45-47,50,52,54,56-57,61-62,66,69,73,85-87,92H,5-8,17-20,29-32,40-41,44,48-49,51,53,55,58-60,63-65,67-68,70-72,74-84H2,1-4H3,(H,97,98)(H,99,100)/b13-9-,14-10-,15-11-,16-12-,25-21-,26-22-,27-23-,28-24-,37-33-,38-34-,39-35-,45-42-,46-43-,47-36-,54-50-,56-52-,61-57-,66-62-,73-69-. The number of hydrogen-bond acceptors (Lipinski definition) is 15. The lowest BCUT2D eigenvalue weighted by Crippen LogP contribution is -2.30. The molecule has 0 aromatic heterocycles. The van der Waals surface area contributed by atoms with E-state index in [2.05, 4.69) is 222 Å². The van der Waals surface area contributed by atoms with Gasteiger partial charge >= 0.3 is 39.5 Å². The summed E-state index contributed by atoms with van der Waals surface area (Å²) < 4.78 is 68.4. The van der Waals surface area contributed by atoms with Crippen molar-refractivity contribution in [1.82, 2.24) is 0 Å². The Morgan fingerprint density at radius 2 is 0.491 bits per heavy atom. The van der Waals surface area contributed by atoms with Crippen molar-refractivity contribution in [3.05, 3.63) is 231 Å². The average Bonchev–Trinajstić information content (AvgIpc) is 0.906. The lowest BCUT2D eigenvalue weighted by molar-refractivity contribution is -0.161. The summed E-state index contributed by atoms with van der Waals surface area (Å²) >= 11 is 0. The SMILES string of the molecule is CC/C=C\C/C=C\C/C=C\C/C=C\C/C=C\CCCCCC(=O)OCC(COP(=O)(O)OCC(O)COP(=O)(O)OCC(COC(=O)CCCCCCCC/C=C\C/C=C\C/C=C\C/C=C\CC)OC(=O)C/C=C\C/C=C\C/C=C\C/C=C\C/C=C\CC)OC(=O)CCC/C=C\C/C=C\C/C=C\C/C=C\C/C=C\CC. The Morgan fingerprint density at radius 3 is 0.800 bits per heavy atom. The van der Waals surface area contributed by atoms with Gasteiger partial charge in [-0.15, -0.1) is 0 Å². The van der Waals surface area contributed by atoms with E-state index in [9.17, 15) is 43.2 Å². The first-order valence-corrected chi connectivity index (χ1v) is 43.6. The van der Waals surface area contributed by atoms with Crippen molar-refractivity contribution < 1.29 is 80.2 Å². The quantitative estimate of drug-likeness (QED) is 0.0169. The van der Waals surface area contributed by atoms with Gasteiger partial charge in [0.05, 0.1) is 32.8 Å². The summed E-state index contributed by atoms with van der Waals surface area (Å²) in [5.41, 5.74) is 0. The van der Waals surface area contributed by atoms with Crippen molar-refractivity contribution in [1.29, 1.82) is 0 Å². The minimum atomic E-state index is -5.03. The molecule has 19 heteroatoms. The molecule has 616 valence electrons. The van der Waals surface area contributed by atoms with Crippen molar-refractivity contribution in [2.24, 2.45) is 0 Å². The molecule has 5 unspecified atom stereocenters. The van der Waals surface area contributed by atoms with Gasteiger partial charge in [-0.25, -0.2) is 9.13 Å². The van der Waals surface area contributed by atoms with E-state index in [1.807, 2.05) is 24.3 Å². The Labute approximate surface area is 664 Å². The summed E-state index contributed by atoms with van der Waals surface area (Å²) in [5, 5.41) is 10.7. The predicted octanol–water partition coefficient (Wildman–Crippen LogP) is 24.2. The van der Waals surface area contributed by atoms with E-state index in [4.69, 9.17) is 37.0 Å². The second-order valence-corrected chi connectivity index (χ2v) is 28.8.